The monoisotopic (exact) mass is 279 g/mol. The summed E-state index contributed by atoms with van der Waals surface area (Å²) in [5.74, 6) is -1.51. The van der Waals surface area contributed by atoms with E-state index in [-0.39, 0.29) is 29.9 Å². The molecule has 108 valence electrons. The molecule has 0 aromatic carbocycles. The number of anilines is 1. The van der Waals surface area contributed by atoms with Gasteiger partial charge in [0, 0.05) is 25.4 Å². The highest BCUT2D eigenvalue weighted by atomic mass is 16.5. The van der Waals surface area contributed by atoms with Crippen molar-refractivity contribution in [2.45, 2.75) is 38.2 Å². The Kier molecular flexibility index (Phi) is 5.00. The van der Waals surface area contributed by atoms with E-state index in [1.54, 1.807) is 0 Å². The van der Waals surface area contributed by atoms with E-state index in [0.29, 0.717) is 6.42 Å². The van der Waals surface area contributed by atoms with E-state index >= 15 is 0 Å². The number of ether oxygens (including phenoxy) is 1. The zero-order valence-corrected chi connectivity index (χ0v) is 11.0. The SMILES string of the molecule is O=C(CCC1CCCCO1)Nc1nccnc1C(=O)O. The molecule has 1 aromatic rings. The summed E-state index contributed by atoms with van der Waals surface area (Å²) in [6.07, 6.45) is 6.81. The average Bonchev–Trinajstić information content (AvgIpc) is 2.46. The summed E-state index contributed by atoms with van der Waals surface area (Å²) in [4.78, 5) is 30.2. The van der Waals surface area contributed by atoms with E-state index in [0.717, 1.165) is 25.9 Å². The van der Waals surface area contributed by atoms with E-state index in [9.17, 15) is 9.59 Å². The first kappa shape index (κ1) is 14.4. The Balaban J connectivity index is 1.86. The number of carbonyl (C=O) groups excluding carboxylic acids is 1. The zero-order chi connectivity index (χ0) is 14.4. The molecule has 1 fully saturated rings. The molecule has 7 nitrogen and oxygen atoms in total. The Morgan fingerprint density at radius 3 is 2.85 bits per heavy atom. The lowest BCUT2D eigenvalue weighted by molar-refractivity contribution is -0.117. The molecule has 1 amide bonds. The maximum Gasteiger partial charge on any atom is 0.358 e. The Morgan fingerprint density at radius 2 is 2.15 bits per heavy atom. The Labute approximate surface area is 116 Å². The van der Waals surface area contributed by atoms with Gasteiger partial charge in [-0.1, -0.05) is 0 Å². The second-order valence-corrected chi connectivity index (χ2v) is 4.63. The highest BCUT2D eigenvalue weighted by Gasteiger charge is 2.18. The fourth-order valence-corrected chi connectivity index (χ4v) is 2.11. The van der Waals surface area contributed by atoms with Crippen molar-refractivity contribution in [2.24, 2.45) is 0 Å². The lowest BCUT2D eigenvalue weighted by atomic mass is 10.0. The van der Waals surface area contributed by atoms with Crippen LogP contribution in [-0.2, 0) is 9.53 Å². The second-order valence-electron chi connectivity index (χ2n) is 4.63. The second kappa shape index (κ2) is 6.95. The Hall–Kier alpha value is -2.02. The van der Waals surface area contributed by atoms with Crippen LogP contribution in [-0.4, -0.2) is 39.7 Å². The van der Waals surface area contributed by atoms with Gasteiger partial charge in [-0.2, -0.15) is 0 Å². The molecule has 2 N–H and O–H groups in total. The summed E-state index contributed by atoms with van der Waals surface area (Å²) < 4.78 is 5.54. The normalized spacial score (nSPS) is 18.5. The van der Waals surface area contributed by atoms with Crippen LogP contribution in [0.15, 0.2) is 12.4 Å². The first-order valence-electron chi connectivity index (χ1n) is 6.62. The van der Waals surface area contributed by atoms with Crippen LogP contribution in [0.25, 0.3) is 0 Å². The van der Waals surface area contributed by atoms with Gasteiger partial charge in [0.15, 0.2) is 11.5 Å². The van der Waals surface area contributed by atoms with Gasteiger partial charge in [0.05, 0.1) is 6.10 Å². The number of hydrogen-bond donors (Lipinski definition) is 2. The van der Waals surface area contributed by atoms with Gasteiger partial charge in [-0.25, -0.2) is 14.8 Å². The van der Waals surface area contributed by atoms with Crippen molar-refractivity contribution < 1.29 is 19.4 Å². The van der Waals surface area contributed by atoms with Crippen LogP contribution < -0.4 is 5.32 Å². The van der Waals surface area contributed by atoms with Crippen LogP contribution >= 0.6 is 0 Å². The van der Waals surface area contributed by atoms with Crippen LogP contribution in [0.1, 0.15) is 42.6 Å². The highest BCUT2D eigenvalue weighted by molar-refractivity contribution is 5.97. The maximum absolute atomic E-state index is 11.8. The van der Waals surface area contributed by atoms with Gasteiger partial charge in [0.1, 0.15) is 0 Å². The van der Waals surface area contributed by atoms with E-state index < -0.39 is 5.97 Å². The zero-order valence-electron chi connectivity index (χ0n) is 11.0. The van der Waals surface area contributed by atoms with Gasteiger partial charge in [-0.05, 0) is 25.7 Å². The number of hydrogen-bond acceptors (Lipinski definition) is 5. The molecule has 1 saturated heterocycles. The van der Waals surface area contributed by atoms with E-state index in [1.165, 1.54) is 12.4 Å². The first-order chi connectivity index (χ1) is 9.66. The average molecular weight is 279 g/mol. The fourth-order valence-electron chi connectivity index (χ4n) is 2.11. The van der Waals surface area contributed by atoms with Crippen molar-refractivity contribution in [3.8, 4) is 0 Å². The molecule has 1 aliphatic rings. The summed E-state index contributed by atoms with van der Waals surface area (Å²) in [5.41, 5.74) is -0.255. The topological polar surface area (TPSA) is 101 Å². The van der Waals surface area contributed by atoms with E-state index in [2.05, 4.69) is 15.3 Å². The van der Waals surface area contributed by atoms with Gasteiger partial charge in [-0.15, -0.1) is 0 Å². The Morgan fingerprint density at radius 1 is 1.35 bits per heavy atom. The molecule has 20 heavy (non-hydrogen) atoms. The van der Waals surface area contributed by atoms with Crippen LogP contribution in [0.2, 0.25) is 0 Å². The van der Waals surface area contributed by atoms with Crippen molar-refractivity contribution in [3.63, 3.8) is 0 Å². The number of carboxylic acids is 1. The molecule has 0 aliphatic carbocycles. The highest BCUT2D eigenvalue weighted by Crippen LogP contribution is 2.17. The molecule has 1 unspecified atom stereocenters. The fraction of sp³-hybridized carbons (Fsp3) is 0.538. The molecule has 1 atom stereocenters. The number of carbonyl (C=O) groups is 2. The number of amides is 1. The van der Waals surface area contributed by atoms with Gasteiger partial charge < -0.3 is 15.2 Å². The van der Waals surface area contributed by atoms with Gasteiger partial charge in [0.2, 0.25) is 5.91 Å². The van der Waals surface area contributed by atoms with Gasteiger partial charge >= 0.3 is 5.97 Å². The summed E-state index contributed by atoms with van der Waals surface area (Å²) in [6, 6.07) is 0. The number of aromatic carboxylic acids is 1. The van der Waals surface area contributed by atoms with Crippen molar-refractivity contribution in [2.75, 3.05) is 11.9 Å². The number of rotatable bonds is 5. The smallest absolute Gasteiger partial charge is 0.358 e. The minimum atomic E-state index is -1.22. The largest absolute Gasteiger partial charge is 0.476 e. The number of aromatic nitrogens is 2. The van der Waals surface area contributed by atoms with E-state index in [4.69, 9.17) is 9.84 Å². The standard InChI is InChI=1S/C13H17N3O4/c17-10(5-4-9-3-1-2-8-20-9)16-12-11(13(18)19)14-6-7-15-12/h6-7,9H,1-5,8H2,(H,18,19)(H,15,16,17). The minimum absolute atomic E-state index is 0.0189. The lowest BCUT2D eigenvalue weighted by Crippen LogP contribution is -2.22. The number of nitrogens with zero attached hydrogens (tertiary/aromatic N) is 2. The summed E-state index contributed by atoms with van der Waals surface area (Å²) in [6.45, 7) is 0.750. The number of carboxylic acid groups (broad SMARTS) is 1. The molecule has 7 heteroatoms. The van der Waals surface area contributed by atoms with E-state index in [1.807, 2.05) is 0 Å². The van der Waals surface area contributed by atoms with Gasteiger partial charge in [0.25, 0.3) is 0 Å². The molecule has 1 aromatic heterocycles. The molecule has 2 heterocycles. The molecule has 1 aliphatic heterocycles. The molecule has 0 spiro atoms. The third-order valence-electron chi connectivity index (χ3n) is 3.13. The Bertz CT molecular complexity index is 486. The lowest BCUT2D eigenvalue weighted by Gasteiger charge is -2.22. The molecule has 2 rings (SSSR count). The van der Waals surface area contributed by atoms with Crippen LogP contribution in [0.4, 0.5) is 5.82 Å². The number of nitrogens with one attached hydrogen (secondary N) is 1. The molecule has 0 bridgehead atoms. The van der Waals surface area contributed by atoms with Crippen LogP contribution in [0.5, 0.6) is 0 Å². The van der Waals surface area contributed by atoms with Crippen molar-refractivity contribution in [3.05, 3.63) is 18.1 Å². The van der Waals surface area contributed by atoms with Crippen molar-refractivity contribution >= 4 is 17.7 Å². The third-order valence-corrected chi connectivity index (χ3v) is 3.13. The summed E-state index contributed by atoms with van der Waals surface area (Å²) in [7, 11) is 0. The molecule has 0 saturated carbocycles. The van der Waals surface area contributed by atoms with Crippen molar-refractivity contribution in [1.29, 1.82) is 0 Å². The quantitative estimate of drug-likeness (QED) is 0.846. The van der Waals surface area contributed by atoms with Crippen LogP contribution in [0, 0.1) is 0 Å². The summed E-state index contributed by atoms with van der Waals surface area (Å²) in [5, 5.41) is 11.4. The molecular weight excluding hydrogens is 262 g/mol. The molecule has 0 radical (unpaired) electrons. The first-order valence-corrected chi connectivity index (χ1v) is 6.62. The van der Waals surface area contributed by atoms with Crippen LogP contribution in [0.3, 0.4) is 0 Å². The van der Waals surface area contributed by atoms with Crippen molar-refractivity contribution in [1.82, 2.24) is 9.97 Å². The third kappa shape index (κ3) is 3.99. The maximum atomic E-state index is 11.8. The summed E-state index contributed by atoms with van der Waals surface area (Å²) >= 11 is 0. The van der Waals surface area contributed by atoms with Gasteiger partial charge in [-0.3, -0.25) is 4.79 Å². The predicted octanol–water partition coefficient (Wildman–Crippen LogP) is 1.46. The minimum Gasteiger partial charge on any atom is -0.476 e. The predicted molar refractivity (Wildman–Crippen MR) is 70.4 cm³/mol. The molecular formula is C13H17N3O4.